The van der Waals surface area contributed by atoms with Gasteiger partial charge in [-0.05, 0) is 18.8 Å². The number of hydrogen-bond acceptors (Lipinski definition) is 3. The van der Waals surface area contributed by atoms with Crippen LogP contribution in [-0.2, 0) is 30.7 Å². The highest BCUT2D eigenvalue weighted by Crippen LogP contribution is 2.55. The number of ketones is 1. The predicted molar refractivity (Wildman–Crippen MR) is 98.0 cm³/mol. The van der Waals surface area contributed by atoms with Crippen LogP contribution in [-0.4, -0.2) is 25.3 Å². The molecule has 2 aromatic rings. The van der Waals surface area contributed by atoms with Crippen LogP contribution >= 0.6 is 0 Å². The van der Waals surface area contributed by atoms with Gasteiger partial charge in [0.2, 0.25) is 5.70 Å². The fraction of sp³-hybridized carbons (Fsp3) is 0.500. The Morgan fingerprint density at radius 3 is 2.65 bits per heavy atom. The summed E-state index contributed by atoms with van der Waals surface area (Å²) in [6, 6.07) is 0. The van der Waals surface area contributed by atoms with E-state index in [0.29, 0.717) is 0 Å². The van der Waals surface area contributed by atoms with E-state index in [9.17, 15) is 4.79 Å². The van der Waals surface area contributed by atoms with Gasteiger partial charge < -0.3 is 4.79 Å². The molecule has 2 atom stereocenters. The molecular formula is C20H23N5O. The zero-order chi connectivity index (χ0) is 18.9. The normalized spacial score (nSPS) is 26.7. The van der Waals surface area contributed by atoms with E-state index in [4.69, 9.17) is 11.7 Å². The van der Waals surface area contributed by atoms with Crippen molar-refractivity contribution in [3.05, 3.63) is 46.8 Å². The Hall–Kier alpha value is -2.68. The number of allylic oxidation sites excluding steroid dienone is 2. The first-order valence-corrected chi connectivity index (χ1v) is 8.90. The molecule has 6 heteroatoms. The fourth-order valence-electron chi connectivity index (χ4n) is 5.10. The molecule has 0 radical (unpaired) electrons. The zero-order valence-electron chi connectivity index (χ0n) is 15.9. The largest absolute Gasteiger partial charge is 0.307 e. The van der Waals surface area contributed by atoms with Gasteiger partial charge in [0.25, 0.3) is 0 Å². The van der Waals surface area contributed by atoms with Crippen molar-refractivity contribution in [3.63, 3.8) is 0 Å². The first-order chi connectivity index (χ1) is 12.2. The van der Waals surface area contributed by atoms with Crippen molar-refractivity contribution in [1.82, 2.24) is 19.6 Å². The first kappa shape index (κ1) is 16.8. The SMILES string of the molecule is [C-]#[N+]C1=C[C@]2(C)c3nn(C)c(-c4cnn(C)c4)c3CC[C@H]2C(C)(C)C1=O. The Bertz CT molecular complexity index is 1000. The summed E-state index contributed by atoms with van der Waals surface area (Å²) < 4.78 is 3.71. The van der Waals surface area contributed by atoms with Gasteiger partial charge in [-0.15, -0.1) is 0 Å². The van der Waals surface area contributed by atoms with Gasteiger partial charge in [0.05, 0.1) is 24.2 Å². The van der Waals surface area contributed by atoms with Gasteiger partial charge in [0, 0.05) is 42.2 Å². The molecule has 0 fully saturated rings. The molecule has 0 aromatic carbocycles. The summed E-state index contributed by atoms with van der Waals surface area (Å²) in [6.45, 7) is 13.6. The van der Waals surface area contributed by atoms with Crippen molar-refractivity contribution in [1.29, 1.82) is 0 Å². The third-order valence-corrected chi connectivity index (χ3v) is 6.29. The van der Waals surface area contributed by atoms with Gasteiger partial charge in [0.1, 0.15) is 0 Å². The molecule has 2 aliphatic rings. The molecule has 6 nitrogen and oxygen atoms in total. The lowest BCUT2D eigenvalue weighted by Gasteiger charge is -2.49. The van der Waals surface area contributed by atoms with E-state index in [1.807, 2.05) is 51.1 Å². The summed E-state index contributed by atoms with van der Waals surface area (Å²) in [7, 11) is 3.86. The Labute approximate surface area is 153 Å². The number of rotatable bonds is 1. The molecule has 2 aliphatic carbocycles. The average molecular weight is 349 g/mol. The molecule has 0 amide bonds. The monoisotopic (exact) mass is 349 g/mol. The molecule has 0 spiro atoms. The van der Waals surface area contributed by atoms with Crippen LogP contribution in [0, 0.1) is 17.9 Å². The Morgan fingerprint density at radius 2 is 2.04 bits per heavy atom. The summed E-state index contributed by atoms with van der Waals surface area (Å²) >= 11 is 0. The summed E-state index contributed by atoms with van der Waals surface area (Å²) in [5.74, 6) is 0.0963. The summed E-state index contributed by atoms with van der Waals surface area (Å²) in [5, 5.41) is 9.17. The van der Waals surface area contributed by atoms with Gasteiger partial charge in [-0.25, -0.2) is 4.85 Å². The van der Waals surface area contributed by atoms with Crippen LogP contribution in [0.5, 0.6) is 0 Å². The second kappa shape index (κ2) is 5.16. The molecule has 2 heterocycles. The topological polar surface area (TPSA) is 57.1 Å². The minimum Gasteiger partial charge on any atom is -0.307 e. The summed E-state index contributed by atoms with van der Waals surface area (Å²) in [6.07, 6.45) is 7.52. The lowest BCUT2D eigenvalue weighted by molar-refractivity contribution is -0.128. The van der Waals surface area contributed by atoms with E-state index >= 15 is 0 Å². The van der Waals surface area contributed by atoms with Crippen molar-refractivity contribution >= 4 is 5.78 Å². The van der Waals surface area contributed by atoms with E-state index in [1.165, 1.54) is 5.56 Å². The maximum absolute atomic E-state index is 12.8. The molecule has 134 valence electrons. The maximum Gasteiger partial charge on any atom is 0.226 e. The molecule has 4 rings (SSSR count). The van der Waals surface area contributed by atoms with Crippen molar-refractivity contribution in [3.8, 4) is 11.3 Å². The molecule has 0 unspecified atom stereocenters. The Kier molecular flexibility index (Phi) is 3.33. The predicted octanol–water partition coefficient (Wildman–Crippen LogP) is 3.05. The van der Waals surface area contributed by atoms with E-state index in [-0.39, 0.29) is 17.4 Å². The molecule has 0 bridgehead atoms. The summed E-state index contributed by atoms with van der Waals surface area (Å²) in [5.41, 5.74) is 3.61. The quantitative estimate of drug-likeness (QED) is 0.744. The number of fused-ring (bicyclic) bond motifs is 3. The van der Waals surface area contributed by atoms with Crippen LogP contribution in [0.1, 0.15) is 38.4 Å². The lowest BCUT2D eigenvalue weighted by atomic mass is 9.53. The van der Waals surface area contributed by atoms with Crippen LogP contribution in [0.25, 0.3) is 16.1 Å². The molecule has 0 saturated carbocycles. The van der Waals surface area contributed by atoms with Crippen molar-refractivity contribution < 1.29 is 4.79 Å². The number of carbonyl (C=O) groups is 1. The third-order valence-electron chi connectivity index (χ3n) is 6.29. The van der Waals surface area contributed by atoms with Crippen molar-refractivity contribution in [2.75, 3.05) is 0 Å². The second-order valence-corrected chi connectivity index (χ2v) is 8.27. The number of nitrogens with zero attached hydrogens (tertiary/aromatic N) is 5. The van der Waals surface area contributed by atoms with Crippen LogP contribution in [0.3, 0.4) is 0 Å². The van der Waals surface area contributed by atoms with Gasteiger partial charge >= 0.3 is 0 Å². The van der Waals surface area contributed by atoms with Crippen molar-refractivity contribution in [2.45, 2.75) is 39.0 Å². The number of carbonyl (C=O) groups excluding carboxylic acids is 1. The van der Waals surface area contributed by atoms with Gasteiger partial charge in [-0.3, -0.25) is 9.36 Å². The van der Waals surface area contributed by atoms with E-state index in [0.717, 1.165) is 29.8 Å². The number of aryl methyl sites for hydroxylation is 2. The van der Waals surface area contributed by atoms with Crippen molar-refractivity contribution in [2.24, 2.45) is 25.4 Å². The minimum atomic E-state index is -0.562. The van der Waals surface area contributed by atoms with Crippen LogP contribution in [0.15, 0.2) is 24.2 Å². The minimum absolute atomic E-state index is 0.0400. The molecule has 0 N–H and O–H groups in total. The summed E-state index contributed by atoms with van der Waals surface area (Å²) in [4.78, 5) is 16.3. The average Bonchev–Trinajstić information content (AvgIpc) is 3.14. The zero-order valence-corrected chi connectivity index (χ0v) is 15.9. The van der Waals surface area contributed by atoms with E-state index in [2.05, 4.69) is 16.9 Å². The van der Waals surface area contributed by atoms with Crippen LogP contribution in [0.2, 0.25) is 0 Å². The van der Waals surface area contributed by atoms with Gasteiger partial charge in [-0.2, -0.15) is 10.2 Å². The number of hydrogen-bond donors (Lipinski definition) is 0. The smallest absolute Gasteiger partial charge is 0.226 e. The molecular weight excluding hydrogens is 326 g/mol. The number of aromatic nitrogens is 4. The van der Waals surface area contributed by atoms with Crippen LogP contribution in [0.4, 0.5) is 0 Å². The highest BCUT2D eigenvalue weighted by atomic mass is 16.1. The molecule has 26 heavy (non-hydrogen) atoms. The van der Waals surface area contributed by atoms with Gasteiger partial charge in [0.15, 0.2) is 5.78 Å². The Balaban J connectivity index is 1.96. The molecule has 0 saturated heterocycles. The Morgan fingerprint density at radius 1 is 1.31 bits per heavy atom. The van der Waals surface area contributed by atoms with E-state index in [1.54, 1.807) is 4.68 Å². The van der Waals surface area contributed by atoms with Gasteiger partial charge in [-0.1, -0.05) is 26.8 Å². The lowest BCUT2D eigenvalue weighted by Crippen LogP contribution is -2.50. The standard InChI is InChI=1S/C20H23N5O/c1-19(2)15-8-7-13-16(12-10-22-24(5)11-12)25(6)23-17(13)20(15,3)9-14(21-4)18(19)26/h9-11,15H,7-8H2,1-3,5-6H3/t15-,20-/m0/s1. The molecule has 0 aliphatic heterocycles. The number of Topliss-reactive ketones (excluding diaryl/α,β-unsaturated/α-hetero) is 1. The third kappa shape index (κ3) is 2.00. The van der Waals surface area contributed by atoms with E-state index < -0.39 is 10.8 Å². The molecule has 2 aromatic heterocycles. The van der Waals surface area contributed by atoms with Crippen LogP contribution < -0.4 is 0 Å². The highest BCUT2D eigenvalue weighted by Gasteiger charge is 2.55. The second-order valence-electron chi connectivity index (χ2n) is 8.27. The highest BCUT2D eigenvalue weighted by molar-refractivity contribution is 6.02. The maximum atomic E-state index is 12.8. The fourth-order valence-corrected chi connectivity index (χ4v) is 5.10. The first-order valence-electron chi connectivity index (χ1n) is 8.90.